The Labute approximate surface area is 154 Å². The number of ether oxygens (including phenoxy) is 1. The molecule has 136 valence electrons. The van der Waals surface area contributed by atoms with Crippen molar-refractivity contribution in [1.82, 2.24) is 0 Å². The highest BCUT2D eigenvalue weighted by Crippen LogP contribution is 2.36. The minimum absolute atomic E-state index is 0.0171. The average Bonchev–Trinajstić information content (AvgIpc) is 2.67. The highest BCUT2D eigenvalue weighted by Gasteiger charge is 2.25. The van der Waals surface area contributed by atoms with E-state index in [4.69, 9.17) is 16.4 Å². The van der Waals surface area contributed by atoms with E-state index in [-0.39, 0.29) is 18.2 Å². The summed E-state index contributed by atoms with van der Waals surface area (Å²) in [5.74, 6) is 3.08. The van der Waals surface area contributed by atoms with Gasteiger partial charge in [-0.25, -0.2) is 0 Å². The number of unbranched alkanes of at least 4 members (excludes halogenated alkanes) is 1. The van der Waals surface area contributed by atoms with Gasteiger partial charge in [-0.1, -0.05) is 6.92 Å². The summed E-state index contributed by atoms with van der Waals surface area (Å²) in [4.78, 5) is 27.9. The second kappa shape index (κ2) is 9.48. The zero-order valence-electron chi connectivity index (χ0n) is 15.0. The molecule has 0 unspecified atom stereocenters. The molecule has 0 spiro atoms. The molecule has 1 aromatic carbocycles. The molecule has 0 atom stereocenters. The minimum Gasteiger partial charge on any atom is -0.489 e. The van der Waals surface area contributed by atoms with Crippen LogP contribution in [0.5, 0.6) is 5.75 Å². The number of carbonyl (C=O) groups excluding carboxylic acids is 2. The summed E-state index contributed by atoms with van der Waals surface area (Å²) >= 11 is 0. The van der Waals surface area contributed by atoms with Crippen LogP contribution in [0.3, 0.4) is 0 Å². The highest BCUT2D eigenvalue weighted by molar-refractivity contribution is 5.97. The zero-order valence-corrected chi connectivity index (χ0v) is 15.0. The molecule has 0 aliphatic carbocycles. The van der Waals surface area contributed by atoms with E-state index in [2.05, 4.69) is 12.0 Å². The molecule has 0 bridgehead atoms. The number of carbonyl (C=O) groups is 2. The molecular formula is C20H23N3O3. The van der Waals surface area contributed by atoms with Crippen molar-refractivity contribution in [2.75, 3.05) is 29.5 Å². The van der Waals surface area contributed by atoms with Gasteiger partial charge >= 0.3 is 0 Å². The molecule has 0 aromatic heterocycles. The van der Waals surface area contributed by atoms with Crippen molar-refractivity contribution in [2.24, 2.45) is 0 Å². The van der Waals surface area contributed by atoms with Gasteiger partial charge in [0.2, 0.25) is 11.8 Å². The Kier molecular flexibility index (Phi) is 7.05. The fourth-order valence-corrected chi connectivity index (χ4v) is 2.86. The van der Waals surface area contributed by atoms with E-state index in [9.17, 15) is 9.59 Å². The number of hydrogen-bond acceptors (Lipinski definition) is 4. The Morgan fingerprint density at radius 1 is 1.38 bits per heavy atom. The van der Waals surface area contributed by atoms with Gasteiger partial charge in [0.05, 0.1) is 24.7 Å². The van der Waals surface area contributed by atoms with Gasteiger partial charge in [0.25, 0.3) is 0 Å². The number of nitrogens with zero attached hydrogens (tertiary/aromatic N) is 3. The van der Waals surface area contributed by atoms with Crippen LogP contribution in [0.4, 0.5) is 11.4 Å². The first kappa shape index (κ1) is 19.3. The lowest BCUT2D eigenvalue weighted by Crippen LogP contribution is -2.38. The van der Waals surface area contributed by atoms with Crippen molar-refractivity contribution < 1.29 is 14.3 Å². The van der Waals surface area contributed by atoms with Gasteiger partial charge in [-0.2, -0.15) is 5.26 Å². The number of hydrogen-bond donors (Lipinski definition) is 0. The monoisotopic (exact) mass is 353 g/mol. The van der Waals surface area contributed by atoms with Crippen LogP contribution < -0.4 is 14.5 Å². The van der Waals surface area contributed by atoms with Crippen LogP contribution in [0.2, 0.25) is 0 Å². The van der Waals surface area contributed by atoms with Gasteiger partial charge < -0.3 is 14.5 Å². The Bertz CT molecular complexity index is 746. The van der Waals surface area contributed by atoms with Gasteiger partial charge in [-0.3, -0.25) is 9.59 Å². The molecule has 1 aliphatic rings. The van der Waals surface area contributed by atoms with Crippen LogP contribution in [0.15, 0.2) is 18.2 Å². The molecule has 1 aliphatic heterocycles. The van der Waals surface area contributed by atoms with Crippen molar-refractivity contribution in [3.8, 4) is 24.2 Å². The predicted molar refractivity (Wildman–Crippen MR) is 99.8 cm³/mol. The summed E-state index contributed by atoms with van der Waals surface area (Å²) < 4.78 is 5.71. The molecule has 0 fully saturated rings. The molecule has 0 N–H and O–H groups in total. The lowest BCUT2D eigenvalue weighted by atomic mass is 10.1. The number of rotatable bonds is 7. The van der Waals surface area contributed by atoms with E-state index in [0.29, 0.717) is 62.5 Å². The maximum absolute atomic E-state index is 12.5. The van der Waals surface area contributed by atoms with Gasteiger partial charge in [-0.15, -0.1) is 12.3 Å². The fourth-order valence-electron chi connectivity index (χ4n) is 2.86. The lowest BCUT2D eigenvalue weighted by molar-refractivity contribution is -0.119. The molecule has 6 heteroatoms. The molecule has 6 nitrogen and oxygen atoms in total. The number of benzene rings is 1. The van der Waals surface area contributed by atoms with Crippen LogP contribution in [-0.2, 0) is 9.59 Å². The van der Waals surface area contributed by atoms with E-state index in [0.717, 1.165) is 0 Å². The van der Waals surface area contributed by atoms with Crippen molar-refractivity contribution in [3.05, 3.63) is 18.2 Å². The molecule has 0 saturated heterocycles. The van der Waals surface area contributed by atoms with E-state index < -0.39 is 0 Å². The van der Waals surface area contributed by atoms with Gasteiger partial charge in [0.1, 0.15) is 12.4 Å². The number of terminal acetylenes is 1. The third kappa shape index (κ3) is 4.55. The smallest absolute Gasteiger partial charge is 0.227 e. The first-order valence-corrected chi connectivity index (χ1v) is 8.80. The van der Waals surface area contributed by atoms with Crippen molar-refractivity contribution in [1.29, 1.82) is 5.26 Å². The van der Waals surface area contributed by atoms with Crippen LogP contribution in [0.1, 0.15) is 39.0 Å². The first-order chi connectivity index (χ1) is 12.6. The Balaban J connectivity index is 2.23. The summed E-state index contributed by atoms with van der Waals surface area (Å²) in [5.41, 5.74) is 1.38. The molecular weight excluding hydrogens is 330 g/mol. The molecule has 26 heavy (non-hydrogen) atoms. The molecule has 1 aromatic rings. The van der Waals surface area contributed by atoms with Crippen LogP contribution in [0, 0.1) is 23.7 Å². The summed E-state index contributed by atoms with van der Waals surface area (Å²) in [6, 6.07) is 7.42. The van der Waals surface area contributed by atoms with Crippen molar-refractivity contribution in [2.45, 2.75) is 39.0 Å². The fraction of sp³-hybridized carbons (Fsp3) is 0.450. The largest absolute Gasteiger partial charge is 0.489 e. The Morgan fingerprint density at radius 3 is 2.88 bits per heavy atom. The molecule has 1 heterocycles. The van der Waals surface area contributed by atoms with Crippen molar-refractivity contribution >= 4 is 23.2 Å². The highest BCUT2D eigenvalue weighted by atomic mass is 16.5. The van der Waals surface area contributed by atoms with E-state index in [1.54, 1.807) is 34.9 Å². The van der Waals surface area contributed by atoms with Crippen LogP contribution in [-0.4, -0.2) is 31.5 Å². The second-order valence-electron chi connectivity index (χ2n) is 5.91. The van der Waals surface area contributed by atoms with Gasteiger partial charge in [0.15, 0.2) is 0 Å². The third-order valence-electron chi connectivity index (χ3n) is 4.18. The SMILES string of the molecule is C#CCCCC(=O)N1CCOc2cc(N(CCC#N)C(=O)CC)ccc21. The van der Waals surface area contributed by atoms with E-state index in [1.165, 1.54) is 0 Å². The quantitative estimate of drug-likeness (QED) is 0.558. The predicted octanol–water partition coefficient (Wildman–Crippen LogP) is 2.87. The first-order valence-electron chi connectivity index (χ1n) is 8.80. The Hall–Kier alpha value is -2.99. The lowest BCUT2D eigenvalue weighted by Gasteiger charge is -2.31. The second-order valence-corrected chi connectivity index (χ2v) is 5.91. The number of anilines is 2. The maximum atomic E-state index is 12.5. The molecule has 2 rings (SSSR count). The van der Waals surface area contributed by atoms with Gasteiger partial charge in [0, 0.05) is 37.6 Å². The average molecular weight is 353 g/mol. The third-order valence-corrected chi connectivity index (χ3v) is 4.18. The standard InChI is InChI=1S/C20H23N3O3/c1-3-5-6-8-20(25)23-13-14-26-18-15-16(9-10-17(18)23)22(12-7-11-21)19(24)4-2/h1,9-10,15H,4-8,12-14H2,2H3. The van der Waals surface area contributed by atoms with Gasteiger partial charge in [-0.05, 0) is 18.6 Å². The number of amides is 2. The molecule has 2 amide bonds. The summed E-state index contributed by atoms with van der Waals surface area (Å²) in [6.07, 6.45) is 7.48. The zero-order chi connectivity index (χ0) is 18.9. The summed E-state index contributed by atoms with van der Waals surface area (Å²) in [5, 5.41) is 8.82. The normalized spacial score (nSPS) is 12.3. The van der Waals surface area contributed by atoms with E-state index in [1.807, 2.05) is 0 Å². The topological polar surface area (TPSA) is 73.6 Å². The Morgan fingerprint density at radius 2 is 2.19 bits per heavy atom. The summed E-state index contributed by atoms with van der Waals surface area (Å²) in [6.45, 7) is 3.01. The van der Waals surface area contributed by atoms with Crippen LogP contribution >= 0.6 is 0 Å². The molecule has 0 radical (unpaired) electrons. The van der Waals surface area contributed by atoms with E-state index >= 15 is 0 Å². The summed E-state index contributed by atoms with van der Waals surface area (Å²) in [7, 11) is 0. The number of nitriles is 1. The maximum Gasteiger partial charge on any atom is 0.227 e. The van der Waals surface area contributed by atoms with Crippen LogP contribution in [0.25, 0.3) is 0 Å². The van der Waals surface area contributed by atoms with Crippen molar-refractivity contribution in [3.63, 3.8) is 0 Å². The number of fused-ring (bicyclic) bond motifs is 1. The minimum atomic E-state index is -0.0572. The molecule has 0 saturated carbocycles.